The highest BCUT2D eigenvalue weighted by molar-refractivity contribution is 6.17. The highest BCUT2D eigenvalue weighted by atomic mass is 16.3. The molecule has 12 aromatic carbocycles. The van der Waals surface area contributed by atoms with Gasteiger partial charge in [-0.25, -0.2) is 0 Å². The van der Waals surface area contributed by atoms with Crippen LogP contribution in [0.3, 0.4) is 0 Å². The lowest BCUT2D eigenvalue weighted by Gasteiger charge is -2.35. The fraction of sp³-hybridized carbons (Fsp3) is 0.0137. The van der Waals surface area contributed by atoms with Gasteiger partial charge in [-0.3, -0.25) is 0 Å². The molecule has 14 rings (SSSR count). The summed E-state index contributed by atoms with van der Waals surface area (Å²) >= 11 is 0. The Kier molecular flexibility index (Phi) is 10.8. The van der Waals surface area contributed by atoms with Crippen LogP contribution in [0.4, 0.5) is 17.1 Å². The summed E-state index contributed by atoms with van der Waals surface area (Å²) in [5.74, 6) is 0. The van der Waals surface area contributed by atoms with E-state index in [0.29, 0.717) is 0 Å². The van der Waals surface area contributed by atoms with Gasteiger partial charge in [-0.05, 0) is 138 Å². The molecule has 1 unspecified atom stereocenters. The fourth-order valence-electron chi connectivity index (χ4n) is 12.0. The van der Waals surface area contributed by atoms with Crippen molar-refractivity contribution in [3.63, 3.8) is 0 Å². The van der Waals surface area contributed by atoms with Crippen molar-refractivity contribution in [1.29, 1.82) is 0 Å². The Bertz CT molecular complexity index is 4200. The lowest BCUT2D eigenvalue weighted by molar-refractivity contribution is 0.670. The first-order chi connectivity index (χ1) is 37.2. The van der Waals surface area contributed by atoms with Crippen LogP contribution in [0.5, 0.6) is 0 Å². The molecule has 0 N–H and O–H groups in total. The summed E-state index contributed by atoms with van der Waals surface area (Å²) in [6, 6.07) is 108. The van der Waals surface area contributed by atoms with E-state index in [0.717, 1.165) is 66.8 Å². The SMILES string of the molecule is c1ccc(-c2ccc(N(c3cccc(C4(c5ccccc5)c5ccccc5-c5ccc(-c6ccccc6-c6ccccc6)cc54)c3)c3ccc4oc5c(-c6ccccc6)ccc(-c6ccccc6)c5c4c3)cc2)cc1. The molecule has 1 heterocycles. The Hall–Kier alpha value is -9.76. The van der Waals surface area contributed by atoms with Crippen molar-refractivity contribution in [2.24, 2.45) is 0 Å². The molecule has 0 amide bonds. The molecule has 0 saturated heterocycles. The van der Waals surface area contributed by atoms with E-state index < -0.39 is 5.41 Å². The molecule has 13 aromatic rings. The van der Waals surface area contributed by atoms with E-state index in [1.807, 2.05) is 0 Å². The third-order valence-corrected chi connectivity index (χ3v) is 15.4. The van der Waals surface area contributed by atoms with Crippen molar-refractivity contribution >= 4 is 39.0 Å². The van der Waals surface area contributed by atoms with Crippen molar-refractivity contribution in [3.05, 3.63) is 320 Å². The zero-order chi connectivity index (χ0) is 49.7. The number of anilines is 3. The molecule has 2 nitrogen and oxygen atoms in total. The molecule has 1 aliphatic carbocycles. The van der Waals surface area contributed by atoms with E-state index in [9.17, 15) is 0 Å². The lowest BCUT2D eigenvalue weighted by Crippen LogP contribution is -2.29. The van der Waals surface area contributed by atoms with Crippen LogP contribution in [0, 0.1) is 0 Å². The van der Waals surface area contributed by atoms with Gasteiger partial charge in [0.25, 0.3) is 0 Å². The summed E-state index contributed by atoms with van der Waals surface area (Å²) in [5.41, 5.74) is 23.2. The summed E-state index contributed by atoms with van der Waals surface area (Å²) in [6.07, 6.45) is 0. The minimum Gasteiger partial charge on any atom is -0.455 e. The van der Waals surface area contributed by atoms with E-state index in [2.05, 4.69) is 302 Å². The number of benzene rings is 12. The first-order valence-electron chi connectivity index (χ1n) is 25.8. The van der Waals surface area contributed by atoms with Crippen molar-refractivity contribution < 1.29 is 4.42 Å². The van der Waals surface area contributed by atoms with E-state index in [4.69, 9.17) is 4.42 Å². The molecule has 0 fully saturated rings. The molecule has 0 aliphatic heterocycles. The Morgan fingerprint density at radius 3 is 1.41 bits per heavy atom. The number of nitrogens with zero attached hydrogens (tertiary/aromatic N) is 1. The van der Waals surface area contributed by atoms with Crippen LogP contribution >= 0.6 is 0 Å². The molecule has 75 heavy (non-hydrogen) atoms. The minimum atomic E-state index is -0.660. The van der Waals surface area contributed by atoms with Crippen LogP contribution in [0.25, 0.3) is 88.7 Å². The number of furan rings is 1. The third-order valence-electron chi connectivity index (χ3n) is 15.4. The van der Waals surface area contributed by atoms with E-state index in [1.165, 1.54) is 61.2 Å². The summed E-state index contributed by atoms with van der Waals surface area (Å²) in [5, 5.41) is 2.16. The molecule has 0 radical (unpaired) electrons. The Morgan fingerprint density at radius 2 is 0.733 bits per heavy atom. The maximum atomic E-state index is 6.98. The Labute approximate surface area is 437 Å². The van der Waals surface area contributed by atoms with Crippen LogP contribution < -0.4 is 4.90 Å². The van der Waals surface area contributed by atoms with E-state index >= 15 is 0 Å². The predicted molar refractivity (Wildman–Crippen MR) is 313 cm³/mol. The molecular weight excluding hydrogens is 907 g/mol. The second-order valence-electron chi connectivity index (χ2n) is 19.5. The van der Waals surface area contributed by atoms with Crippen LogP contribution in [0.2, 0.25) is 0 Å². The van der Waals surface area contributed by atoms with Gasteiger partial charge < -0.3 is 9.32 Å². The van der Waals surface area contributed by atoms with Gasteiger partial charge in [-0.2, -0.15) is 0 Å². The van der Waals surface area contributed by atoms with E-state index in [-0.39, 0.29) is 0 Å². The monoisotopic (exact) mass is 955 g/mol. The lowest BCUT2D eigenvalue weighted by atomic mass is 9.67. The molecule has 1 aromatic heterocycles. The van der Waals surface area contributed by atoms with Gasteiger partial charge in [0.2, 0.25) is 0 Å². The average molecular weight is 956 g/mol. The zero-order valence-electron chi connectivity index (χ0n) is 41.1. The number of hydrogen-bond donors (Lipinski definition) is 0. The first kappa shape index (κ1) is 44.0. The molecule has 0 bridgehead atoms. The molecular formula is C73H49NO. The quantitative estimate of drug-likeness (QED) is 0.136. The standard InChI is InChI=1S/C73H49NO/c1-6-21-50(22-7-1)51-37-40-58(41-38-51)74(60-42-46-70-67(49-60)71-63(53-25-10-3-11-26-53)44-45-64(72(71)75-70)54-27-12-4-13-28-54)59-32-20-31-57(48-59)73(56-29-14-5-15-30-56)68-36-19-18-35-65(68)66-43-39-55(47-69(66)73)62-34-17-16-33-61(62)52-23-8-2-9-24-52/h1-49H. The van der Waals surface area contributed by atoms with E-state index in [1.54, 1.807) is 0 Å². The average Bonchev–Trinajstić information content (AvgIpc) is 4.04. The fourth-order valence-corrected chi connectivity index (χ4v) is 12.0. The number of fused-ring (bicyclic) bond motifs is 6. The minimum absolute atomic E-state index is 0.660. The van der Waals surface area contributed by atoms with Crippen LogP contribution in [0.1, 0.15) is 22.3 Å². The maximum Gasteiger partial charge on any atom is 0.143 e. The second kappa shape index (κ2) is 18.4. The van der Waals surface area contributed by atoms with Crippen molar-refractivity contribution in [2.45, 2.75) is 5.41 Å². The molecule has 2 heteroatoms. The van der Waals surface area contributed by atoms with Gasteiger partial charge in [0.15, 0.2) is 0 Å². The van der Waals surface area contributed by atoms with Gasteiger partial charge in [-0.1, -0.05) is 243 Å². The Balaban J connectivity index is 1.00. The predicted octanol–water partition coefficient (Wildman–Crippen LogP) is 19.8. The number of hydrogen-bond acceptors (Lipinski definition) is 2. The largest absolute Gasteiger partial charge is 0.455 e. The molecule has 1 atom stereocenters. The van der Waals surface area contributed by atoms with Gasteiger partial charge in [0, 0.05) is 33.4 Å². The van der Waals surface area contributed by atoms with Gasteiger partial charge in [-0.15, -0.1) is 0 Å². The molecule has 352 valence electrons. The van der Waals surface area contributed by atoms with Gasteiger partial charge in [0.05, 0.1) is 5.41 Å². The maximum absolute atomic E-state index is 6.98. The third kappa shape index (κ3) is 7.41. The topological polar surface area (TPSA) is 16.4 Å². The number of rotatable bonds is 10. The molecule has 1 aliphatic rings. The van der Waals surface area contributed by atoms with Crippen molar-refractivity contribution in [3.8, 4) is 66.8 Å². The second-order valence-corrected chi connectivity index (χ2v) is 19.5. The van der Waals surface area contributed by atoms with Crippen molar-refractivity contribution in [1.82, 2.24) is 0 Å². The van der Waals surface area contributed by atoms with Gasteiger partial charge >= 0.3 is 0 Å². The molecule has 0 saturated carbocycles. The Morgan fingerprint density at radius 1 is 0.267 bits per heavy atom. The summed E-state index contributed by atoms with van der Waals surface area (Å²) in [6.45, 7) is 0. The first-order valence-corrected chi connectivity index (χ1v) is 25.8. The van der Waals surface area contributed by atoms with Crippen molar-refractivity contribution in [2.75, 3.05) is 4.90 Å². The normalized spacial score (nSPS) is 13.7. The zero-order valence-corrected chi connectivity index (χ0v) is 41.1. The van der Waals surface area contributed by atoms with Crippen LogP contribution in [0.15, 0.2) is 302 Å². The molecule has 0 spiro atoms. The summed E-state index contributed by atoms with van der Waals surface area (Å²) < 4.78 is 6.98. The highest BCUT2D eigenvalue weighted by Crippen LogP contribution is 2.58. The smallest absolute Gasteiger partial charge is 0.143 e. The van der Waals surface area contributed by atoms with Crippen LogP contribution in [-0.2, 0) is 5.41 Å². The highest BCUT2D eigenvalue weighted by Gasteiger charge is 2.46. The summed E-state index contributed by atoms with van der Waals surface area (Å²) in [7, 11) is 0. The van der Waals surface area contributed by atoms with Gasteiger partial charge in [0.1, 0.15) is 11.2 Å². The van der Waals surface area contributed by atoms with Crippen LogP contribution in [-0.4, -0.2) is 0 Å². The summed E-state index contributed by atoms with van der Waals surface area (Å²) in [4.78, 5) is 2.42.